The molecule has 0 unspecified atom stereocenters. The largest absolute Gasteiger partial charge is 0.474 e. The molecular formula is C18H18BrClN4O. The highest BCUT2D eigenvalue weighted by molar-refractivity contribution is 9.10. The number of rotatable bonds is 3. The number of nitrogens with zero attached hydrogens (tertiary/aromatic N) is 4. The number of fused-ring (bicyclic) bond motifs is 1. The zero-order chi connectivity index (χ0) is 17.4. The van der Waals surface area contributed by atoms with Crippen LogP contribution >= 0.6 is 27.5 Å². The highest BCUT2D eigenvalue weighted by Gasteiger charge is 2.25. The summed E-state index contributed by atoms with van der Waals surface area (Å²) in [5, 5.41) is 5.57. The third-order valence-electron chi connectivity index (χ3n) is 4.73. The van der Waals surface area contributed by atoms with Gasteiger partial charge in [-0.3, -0.25) is 9.67 Å². The van der Waals surface area contributed by atoms with E-state index in [1.807, 2.05) is 24.0 Å². The van der Waals surface area contributed by atoms with Crippen LogP contribution in [0.3, 0.4) is 0 Å². The molecule has 0 atom stereocenters. The fourth-order valence-electron chi connectivity index (χ4n) is 3.45. The van der Waals surface area contributed by atoms with Gasteiger partial charge < -0.3 is 4.74 Å². The van der Waals surface area contributed by atoms with Gasteiger partial charge in [-0.2, -0.15) is 5.10 Å². The minimum atomic E-state index is 0.154. The van der Waals surface area contributed by atoms with Crippen molar-refractivity contribution in [1.29, 1.82) is 0 Å². The molecule has 130 valence electrons. The van der Waals surface area contributed by atoms with Crippen molar-refractivity contribution in [3.8, 4) is 5.88 Å². The highest BCUT2D eigenvalue weighted by atomic mass is 79.9. The summed E-state index contributed by atoms with van der Waals surface area (Å²) in [5.41, 5.74) is 2.11. The molecule has 3 aromatic heterocycles. The smallest absolute Gasteiger partial charge is 0.224 e. The van der Waals surface area contributed by atoms with Gasteiger partial charge in [0.2, 0.25) is 5.88 Å². The Morgan fingerprint density at radius 2 is 2.00 bits per heavy atom. The summed E-state index contributed by atoms with van der Waals surface area (Å²) >= 11 is 9.59. The second kappa shape index (κ2) is 6.92. The average Bonchev–Trinajstić information content (AvgIpc) is 3.02. The Hall–Kier alpha value is -1.66. The van der Waals surface area contributed by atoms with Crippen molar-refractivity contribution in [3.05, 3.63) is 45.9 Å². The predicted molar refractivity (Wildman–Crippen MR) is 101 cm³/mol. The van der Waals surface area contributed by atoms with E-state index >= 15 is 0 Å². The molecule has 0 saturated heterocycles. The summed E-state index contributed by atoms with van der Waals surface area (Å²) in [5.74, 6) is 1.13. The summed E-state index contributed by atoms with van der Waals surface area (Å²) in [6, 6.07) is 3.73. The molecule has 0 spiro atoms. The lowest BCUT2D eigenvalue weighted by molar-refractivity contribution is 0.142. The minimum Gasteiger partial charge on any atom is -0.474 e. The maximum atomic E-state index is 6.22. The SMILES string of the molecule is Cn1cc(C2CCC(Oc3nc(Cl)cc4ncc(Br)cc34)CC2)cn1. The van der Waals surface area contributed by atoms with Crippen molar-refractivity contribution in [1.82, 2.24) is 19.7 Å². The lowest BCUT2D eigenvalue weighted by atomic mass is 9.84. The molecule has 3 aromatic rings. The lowest BCUT2D eigenvalue weighted by Crippen LogP contribution is -2.23. The molecule has 0 radical (unpaired) electrons. The maximum Gasteiger partial charge on any atom is 0.224 e. The van der Waals surface area contributed by atoms with Crippen molar-refractivity contribution in [2.24, 2.45) is 7.05 Å². The third-order valence-corrected chi connectivity index (χ3v) is 5.36. The average molecular weight is 422 g/mol. The molecule has 25 heavy (non-hydrogen) atoms. The van der Waals surface area contributed by atoms with E-state index in [0.717, 1.165) is 41.1 Å². The Bertz CT molecular complexity index is 905. The van der Waals surface area contributed by atoms with Gasteiger partial charge in [0.25, 0.3) is 0 Å². The number of hydrogen-bond acceptors (Lipinski definition) is 4. The summed E-state index contributed by atoms with van der Waals surface area (Å²) < 4.78 is 8.98. The first-order chi connectivity index (χ1) is 12.1. The summed E-state index contributed by atoms with van der Waals surface area (Å²) in [6.45, 7) is 0. The Balaban J connectivity index is 1.50. The van der Waals surface area contributed by atoms with E-state index in [4.69, 9.17) is 16.3 Å². The molecule has 7 heteroatoms. The Morgan fingerprint density at radius 3 is 2.72 bits per heavy atom. The monoisotopic (exact) mass is 420 g/mol. The van der Waals surface area contributed by atoms with Crippen molar-refractivity contribution >= 4 is 38.4 Å². The van der Waals surface area contributed by atoms with E-state index in [-0.39, 0.29) is 6.10 Å². The highest BCUT2D eigenvalue weighted by Crippen LogP contribution is 2.36. The number of pyridine rings is 2. The molecule has 1 fully saturated rings. The van der Waals surface area contributed by atoms with Gasteiger partial charge in [-0.1, -0.05) is 11.6 Å². The third kappa shape index (κ3) is 3.65. The van der Waals surface area contributed by atoms with Crippen LogP contribution in [0.25, 0.3) is 10.9 Å². The van der Waals surface area contributed by atoms with E-state index < -0.39 is 0 Å². The molecule has 0 bridgehead atoms. The molecule has 4 rings (SSSR count). The van der Waals surface area contributed by atoms with Crippen LogP contribution in [-0.2, 0) is 7.05 Å². The zero-order valence-corrected chi connectivity index (χ0v) is 16.2. The molecule has 0 amide bonds. The number of aryl methyl sites for hydroxylation is 1. The Labute approximate surface area is 159 Å². The standard InChI is InChI=1S/C18H18BrClN4O/c1-24-10-12(8-22-24)11-2-4-14(5-3-11)25-18-15-6-13(19)9-21-16(15)7-17(20)23-18/h6-11,14H,2-5H2,1H3. The van der Waals surface area contributed by atoms with E-state index in [2.05, 4.69) is 37.2 Å². The molecular weight excluding hydrogens is 404 g/mol. The first kappa shape index (κ1) is 16.8. The fraction of sp³-hybridized carbons (Fsp3) is 0.389. The topological polar surface area (TPSA) is 52.8 Å². The summed E-state index contributed by atoms with van der Waals surface area (Å²) in [7, 11) is 1.96. The quantitative estimate of drug-likeness (QED) is 0.565. The van der Waals surface area contributed by atoms with Crippen LogP contribution in [0.2, 0.25) is 5.15 Å². The first-order valence-corrected chi connectivity index (χ1v) is 9.52. The van der Waals surface area contributed by atoms with Crippen molar-refractivity contribution in [2.75, 3.05) is 0 Å². The second-order valence-corrected chi connectivity index (χ2v) is 7.81. The molecule has 1 saturated carbocycles. The van der Waals surface area contributed by atoms with Gasteiger partial charge in [0, 0.05) is 30.0 Å². The molecule has 0 aliphatic heterocycles. The molecule has 3 heterocycles. The zero-order valence-electron chi connectivity index (χ0n) is 13.8. The number of hydrogen-bond donors (Lipinski definition) is 0. The van der Waals surface area contributed by atoms with E-state index in [9.17, 15) is 0 Å². The fourth-order valence-corrected chi connectivity index (χ4v) is 3.96. The second-order valence-electron chi connectivity index (χ2n) is 6.51. The van der Waals surface area contributed by atoms with Crippen LogP contribution in [-0.4, -0.2) is 25.9 Å². The Kier molecular flexibility index (Phi) is 4.65. The summed E-state index contributed by atoms with van der Waals surface area (Å²) in [6.07, 6.45) is 10.2. The van der Waals surface area contributed by atoms with Gasteiger partial charge in [-0.15, -0.1) is 0 Å². The van der Waals surface area contributed by atoms with Crippen LogP contribution in [0.15, 0.2) is 35.2 Å². The van der Waals surface area contributed by atoms with E-state index in [1.54, 1.807) is 12.3 Å². The van der Waals surface area contributed by atoms with Gasteiger partial charge in [-0.05, 0) is 59.2 Å². The molecule has 1 aliphatic carbocycles. The molecule has 0 aromatic carbocycles. The van der Waals surface area contributed by atoms with Crippen LogP contribution in [0, 0.1) is 0 Å². The normalized spacial score (nSPS) is 20.8. The van der Waals surface area contributed by atoms with Crippen molar-refractivity contribution in [2.45, 2.75) is 37.7 Å². The van der Waals surface area contributed by atoms with Crippen LogP contribution in [0.1, 0.15) is 37.2 Å². The van der Waals surface area contributed by atoms with Gasteiger partial charge in [-0.25, -0.2) is 4.98 Å². The van der Waals surface area contributed by atoms with Gasteiger partial charge >= 0.3 is 0 Å². The first-order valence-electron chi connectivity index (χ1n) is 8.35. The van der Waals surface area contributed by atoms with E-state index in [1.165, 1.54) is 5.56 Å². The minimum absolute atomic E-state index is 0.154. The maximum absolute atomic E-state index is 6.22. The number of ether oxygens (including phenoxy) is 1. The van der Waals surface area contributed by atoms with E-state index in [0.29, 0.717) is 17.0 Å². The Morgan fingerprint density at radius 1 is 1.20 bits per heavy atom. The summed E-state index contributed by atoms with van der Waals surface area (Å²) in [4.78, 5) is 8.77. The number of halogens is 2. The van der Waals surface area contributed by atoms with Crippen molar-refractivity contribution in [3.63, 3.8) is 0 Å². The van der Waals surface area contributed by atoms with Crippen LogP contribution < -0.4 is 4.74 Å². The van der Waals surface area contributed by atoms with Gasteiger partial charge in [0.05, 0.1) is 17.1 Å². The molecule has 0 N–H and O–H groups in total. The van der Waals surface area contributed by atoms with Crippen LogP contribution in [0.4, 0.5) is 0 Å². The lowest BCUT2D eigenvalue weighted by Gasteiger charge is -2.28. The molecule has 5 nitrogen and oxygen atoms in total. The van der Waals surface area contributed by atoms with Crippen LogP contribution in [0.5, 0.6) is 5.88 Å². The van der Waals surface area contributed by atoms with Gasteiger partial charge in [0.15, 0.2) is 0 Å². The van der Waals surface area contributed by atoms with Gasteiger partial charge in [0.1, 0.15) is 11.3 Å². The number of aromatic nitrogens is 4. The predicted octanol–water partition coefficient (Wildman–Crippen LogP) is 4.88. The van der Waals surface area contributed by atoms with Crippen molar-refractivity contribution < 1.29 is 4.74 Å². The molecule has 1 aliphatic rings.